The maximum atomic E-state index is 8.20. The molecular weight excluding hydrogens is 130 g/mol. The monoisotopic (exact) mass is 147 g/mol. The van der Waals surface area contributed by atoms with Crippen LogP contribution in [0.4, 0.5) is 0 Å². The quantitative estimate of drug-likeness (QED) is 0.601. The van der Waals surface area contributed by atoms with Crippen LogP contribution in [0.3, 0.4) is 0 Å². The van der Waals surface area contributed by atoms with Crippen LogP contribution in [-0.2, 0) is 0 Å². The van der Waals surface area contributed by atoms with Crippen LogP contribution < -0.4 is 0 Å². The Labute approximate surface area is 62.6 Å². The third-order valence-electron chi connectivity index (χ3n) is 0.762. The smallest absolute Gasteiger partial charge is 0.0587 e. The van der Waals surface area contributed by atoms with Gasteiger partial charge < -0.3 is 10.6 Å². The van der Waals surface area contributed by atoms with Gasteiger partial charge in [-0.3, -0.25) is 0 Å². The molecule has 3 N–H and O–H groups in total. The van der Waals surface area contributed by atoms with E-state index in [1.165, 1.54) is 13.3 Å². The van der Waals surface area contributed by atoms with Crippen LogP contribution in [0.15, 0.2) is 0 Å². The Morgan fingerprint density at radius 1 is 1.40 bits per heavy atom. The van der Waals surface area contributed by atoms with Crippen molar-refractivity contribution < 1.29 is 10.6 Å². The maximum Gasteiger partial charge on any atom is 0.0587 e. The third-order valence-corrected chi connectivity index (χ3v) is 0.762. The van der Waals surface area contributed by atoms with Crippen molar-refractivity contribution in [1.82, 2.24) is 0 Å². The van der Waals surface area contributed by atoms with Crippen molar-refractivity contribution in [1.29, 1.82) is 5.26 Å². The van der Waals surface area contributed by atoms with Crippen molar-refractivity contribution in [2.24, 2.45) is 0 Å². The fourth-order valence-electron chi connectivity index (χ4n) is 0.362. The summed E-state index contributed by atoms with van der Waals surface area (Å²) in [5.41, 5.74) is 0. The van der Waals surface area contributed by atoms with Gasteiger partial charge in [0.05, 0.1) is 6.07 Å². The molecule has 10 heavy (non-hydrogen) atoms. The molecule has 0 aromatic rings. The minimum Gasteiger partial charge on any atom is -0.412 e. The standard InChI is InChI=1S/C5H12O.C2H3N.H2O/c1-2-3-4-5-6;1-2-3;/h6H,2-5H2,1H3;1H3;1H2. The molecule has 3 nitrogen and oxygen atoms in total. The lowest BCUT2D eigenvalue weighted by Gasteiger charge is -1.85. The average molecular weight is 147 g/mol. The summed E-state index contributed by atoms with van der Waals surface area (Å²) in [7, 11) is 0. The van der Waals surface area contributed by atoms with Crippen molar-refractivity contribution >= 4 is 0 Å². The van der Waals surface area contributed by atoms with Crippen LogP contribution in [0.1, 0.15) is 33.1 Å². The molecule has 0 rings (SSSR count). The SMILES string of the molecule is CC#N.CCCCCO.O. The van der Waals surface area contributed by atoms with Crippen molar-refractivity contribution in [3.63, 3.8) is 0 Å². The highest BCUT2D eigenvalue weighted by atomic mass is 16.2. The van der Waals surface area contributed by atoms with Crippen LogP contribution in [-0.4, -0.2) is 17.2 Å². The second-order valence-electron chi connectivity index (χ2n) is 1.65. The van der Waals surface area contributed by atoms with Gasteiger partial charge in [-0.05, 0) is 6.42 Å². The van der Waals surface area contributed by atoms with Crippen LogP contribution in [0, 0.1) is 11.3 Å². The molecule has 0 aliphatic rings. The molecule has 0 aromatic heterocycles. The Morgan fingerprint density at radius 3 is 1.90 bits per heavy atom. The summed E-state index contributed by atoms with van der Waals surface area (Å²) in [5.74, 6) is 0. The van der Waals surface area contributed by atoms with Crippen LogP contribution in [0.5, 0.6) is 0 Å². The molecule has 62 valence electrons. The van der Waals surface area contributed by atoms with Gasteiger partial charge in [0.25, 0.3) is 0 Å². The zero-order valence-electron chi connectivity index (χ0n) is 6.72. The van der Waals surface area contributed by atoms with Gasteiger partial charge in [0.1, 0.15) is 0 Å². The summed E-state index contributed by atoms with van der Waals surface area (Å²) in [6.07, 6.45) is 3.33. The van der Waals surface area contributed by atoms with E-state index in [0.29, 0.717) is 6.61 Å². The lowest BCUT2D eigenvalue weighted by atomic mass is 10.3. The van der Waals surface area contributed by atoms with E-state index >= 15 is 0 Å². The zero-order valence-corrected chi connectivity index (χ0v) is 6.72. The lowest BCUT2D eigenvalue weighted by Crippen LogP contribution is -1.78. The predicted octanol–water partition coefficient (Wildman–Crippen LogP) is 0.874. The largest absolute Gasteiger partial charge is 0.412 e. The highest BCUT2D eigenvalue weighted by Crippen LogP contribution is 1.89. The highest BCUT2D eigenvalue weighted by Gasteiger charge is 1.76. The van der Waals surface area contributed by atoms with Gasteiger partial charge in [-0.25, -0.2) is 0 Å². The second kappa shape index (κ2) is 23.7. The first kappa shape index (κ1) is 16.2. The average Bonchev–Trinajstić information content (AvgIpc) is 1.86. The van der Waals surface area contributed by atoms with Gasteiger partial charge >= 0.3 is 0 Å². The van der Waals surface area contributed by atoms with E-state index in [1.807, 2.05) is 0 Å². The number of unbranched alkanes of at least 4 members (excludes halogenated alkanes) is 2. The van der Waals surface area contributed by atoms with Gasteiger partial charge in [0.2, 0.25) is 0 Å². The van der Waals surface area contributed by atoms with E-state index in [0.717, 1.165) is 12.8 Å². The van der Waals surface area contributed by atoms with Gasteiger partial charge in [0, 0.05) is 13.5 Å². The summed E-state index contributed by atoms with van der Waals surface area (Å²) in [4.78, 5) is 0. The van der Waals surface area contributed by atoms with Crippen LogP contribution in [0.2, 0.25) is 0 Å². The molecule has 3 heteroatoms. The summed E-state index contributed by atoms with van der Waals surface area (Å²) in [6.45, 7) is 3.91. The number of hydrogen-bond acceptors (Lipinski definition) is 2. The van der Waals surface area contributed by atoms with E-state index in [9.17, 15) is 0 Å². The first-order valence-electron chi connectivity index (χ1n) is 3.25. The van der Waals surface area contributed by atoms with Gasteiger partial charge in [-0.15, -0.1) is 0 Å². The van der Waals surface area contributed by atoms with E-state index in [-0.39, 0.29) is 5.48 Å². The molecule has 0 heterocycles. The molecule has 0 fully saturated rings. The minimum atomic E-state index is 0. The Balaban J connectivity index is -0.000000107. The first-order valence-corrected chi connectivity index (χ1v) is 3.25. The number of hydrogen-bond donors (Lipinski definition) is 1. The van der Waals surface area contributed by atoms with Crippen LogP contribution >= 0.6 is 0 Å². The van der Waals surface area contributed by atoms with Gasteiger partial charge in [-0.1, -0.05) is 19.8 Å². The Kier molecular flexibility index (Phi) is 38.5. The lowest BCUT2D eigenvalue weighted by molar-refractivity contribution is 0.284. The van der Waals surface area contributed by atoms with Crippen LogP contribution in [0.25, 0.3) is 0 Å². The summed E-state index contributed by atoms with van der Waals surface area (Å²) in [5, 5.41) is 15.5. The predicted molar refractivity (Wildman–Crippen MR) is 41.5 cm³/mol. The summed E-state index contributed by atoms with van der Waals surface area (Å²) in [6, 6.07) is 1.75. The molecule has 0 unspecified atom stereocenters. The molecule has 0 saturated carbocycles. The van der Waals surface area contributed by atoms with Gasteiger partial charge in [-0.2, -0.15) is 5.26 Å². The zero-order chi connectivity index (χ0) is 7.54. The fraction of sp³-hybridized carbons (Fsp3) is 0.857. The van der Waals surface area contributed by atoms with Crippen molar-refractivity contribution in [3.8, 4) is 6.07 Å². The Morgan fingerprint density at radius 2 is 1.80 bits per heavy atom. The number of aliphatic hydroxyl groups excluding tert-OH is 1. The minimum absolute atomic E-state index is 0. The summed E-state index contributed by atoms with van der Waals surface area (Å²) >= 11 is 0. The van der Waals surface area contributed by atoms with Gasteiger partial charge in [0.15, 0.2) is 0 Å². The highest BCUT2D eigenvalue weighted by molar-refractivity contribution is 4.51. The normalized spacial score (nSPS) is 6.20. The van der Waals surface area contributed by atoms with E-state index in [4.69, 9.17) is 10.4 Å². The maximum absolute atomic E-state index is 8.20. The number of nitriles is 1. The number of nitrogens with zero attached hydrogens (tertiary/aromatic N) is 1. The number of aliphatic hydroxyl groups is 1. The molecule has 0 aromatic carbocycles. The van der Waals surface area contributed by atoms with E-state index in [1.54, 1.807) is 6.07 Å². The summed E-state index contributed by atoms with van der Waals surface area (Å²) < 4.78 is 0. The molecule has 0 spiro atoms. The molecule has 0 saturated heterocycles. The topological polar surface area (TPSA) is 75.5 Å². The Bertz CT molecular complexity index is 64.5. The molecular formula is C7H17NO2. The number of rotatable bonds is 3. The molecule has 0 aliphatic heterocycles. The molecule has 0 bridgehead atoms. The van der Waals surface area contributed by atoms with E-state index < -0.39 is 0 Å². The first-order chi connectivity index (χ1) is 4.33. The fourth-order valence-corrected chi connectivity index (χ4v) is 0.362. The molecule has 0 atom stereocenters. The second-order valence-corrected chi connectivity index (χ2v) is 1.65. The molecule has 0 radical (unpaired) electrons. The Hall–Kier alpha value is -0.590. The van der Waals surface area contributed by atoms with Crippen molar-refractivity contribution in [2.75, 3.05) is 6.61 Å². The van der Waals surface area contributed by atoms with Crippen molar-refractivity contribution in [3.05, 3.63) is 0 Å². The molecule has 0 aliphatic carbocycles. The molecule has 0 amide bonds. The van der Waals surface area contributed by atoms with E-state index in [2.05, 4.69) is 6.92 Å². The van der Waals surface area contributed by atoms with Crippen molar-refractivity contribution in [2.45, 2.75) is 33.1 Å². The third kappa shape index (κ3) is 52.4.